The summed E-state index contributed by atoms with van der Waals surface area (Å²) in [6.07, 6.45) is 1.69. The molecule has 1 heterocycles. The van der Waals surface area contributed by atoms with Gasteiger partial charge in [0.25, 0.3) is 0 Å². The minimum Gasteiger partial charge on any atom is -0.490 e. The van der Waals surface area contributed by atoms with Crippen LogP contribution in [0.1, 0.15) is 31.4 Å². The Kier molecular flexibility index (Phi) is 3.80. The van der Waals surface area contributed by atoms with Crippen molar-refractivity contribution in [3.8, 4) is 5.75 Å². The number of hydrogen-bond donors (Lipinski definition) is 1. The molecule has 0 amide bonds. The van der Waals surface area contributed by atoms with Gasteiger partial charge in [0.15, 0.2) is 0 Å². The molecule has 0 bridgehead atoms. The van der Waals surface area contributed by atoms with E-state index in [0.717, 1.165) is 37.4 Å². The largest absolute Gasteiger partial charge is 0.490 e. The van der Waals surface area contributed by atoms with Gasteiger partial charge in [-0.15, -0.1) is 0 Å². The lowest BCUT2D eigenvalue weighted by Crippen LogP contribution is -2.25. The Morgan fingerprint density at radius 1 is 1.38 bits per heavy atom. The van der Waals surface area contributed by atoms with Crippen LogP contribution in [0, 0.1) is 0 Å². The minimum absolute atomic E-state index is 0.248. The Morgan fingerprint density at radius 3 is 2.81 bits per heavy atom. The summed E-state index contributed by atoms with van der Waals surface area (Å²) in [7, 11) is 0. The molecule has 88 valence electrons. The Hall–Kier alpha value is -1.06. The molecular formula is C13H18O3. The van der Waals surface area contributed by atoms with E-state index in [1.807, 2.05) is 24.3 Å². The van der Waals surface area contributed by atoms with Crippen LogP contribution in [0.4, 0.5) is 0 Å². The SMILES string of the molecule is C[C@H](O)c1cccc(OC2CCOCC2)c1. The van der Waals surface area contributed by atoms with E-state index in [2.05, 4.69) is 0 Å². The first-order valence-corrected chi connectivity index (χ1v) is 5.78. The van der Waals surface area contributed by atoms with Gasteiger partial charge in [0, 0.05) is 12.8 Å². The summed E-state index contributed by atoms with van der Waals surface area (Å²) in [5, 5.41) is 9.48. The molecule has 16 heavy (non-hydrogen) atoms. The van der Waals surface area contributed by atoms with Crippen molar-refractivity contribution in [1.82, 2.24) is 0 Å². The molecular weight excluding hydrogens is 204 g/mol. The first kappa shape index (κ1) is 11.4. The zero-order valence-corrected chi connectivity index (χ0v) is 9.56. The highest BCUT2D eigenvalue weighted by atomic mass is 16.5. The van der Waals surface area contributed by atoms with Crippen LogP contribution >= 0.6 is 0 Å². The van der Waals surface area contributed by atoms with E-state index in [1.165, 1.54) is 0 Å². The summed E-state index contributed by atoms with van der Waals surface area (Å²) < 4.78 is 11.1. The monoisotopic (exact) mass is 222 g/mol. The Labute approximate surface area is 96.0 Å². The summed E-state index contributed by atoms with van der Waals surface area (Å²) in [5.74, 6) is 0.838. The highest BCUT2D eigenvalue weighted by molar-refractivity contribution is 5.29. The molecule has 1 fully saturated rings. The maximum atomic E-state index is 9.48. The molecule has 3 heteroatoms. The van der Waals surface area contributed by atoms with Crippen molar-refractivity contribution >= 4 is 0 Å². The van der Waals surface area contributed by atoms with Crippen molar-refractivity contribution in [3.05, 3.63) is 29.8 Å². The van der Waals surface area contributed by atoms with Crippen LogP contribution in [0.15, 0.2) is 24.3 Å². The van der Waals surface area contributed by atoms with Gasteiger partial charge in [-0.2, -0.15) is 0 Å². The number of aliphatic hydroxyl groups excluding tert-OH is 1. The summed E-state index contributed by atoms with van der Waals surface area (Å²) in [6, 6.07) is 7.65. The van der Waals surface area contributed by atoms with E-state index < -0.39 is 6.10 Å². The maximum absolute atomic E-state index is 9.48. The number of ether oxygens (including phenoxy) is 2. The number of hydrogen-bond acceptors (Lipinski definition) is 3. The molecule has 1 atom stereocenters. The summed E-state index contributed by atoms with van der Waals surface area (Å²) in [6.45, 7) is 3.31. The highest BCUT2D eigenvalue weighted by Gasteiger charge is 2.15. The van der Waals surface area contributed by atoms with Gasteiger partial charge < -0.3 is 14.6 Å². The highest BCUT2D eigenvalue weighted by Crippen LogP contribution is 2.22. The van der Waals surface area contributed by atoms with Gasteiger partial charge >= 0.3 is 0 Å². The Morgan fingerprint density at radius 2 is 2.12 bits per heavy atom. The lowest BCUT2D eigenvalue weighted by atomic mass is 10.1. The quantitative estimate of drug-likeness (QED) is 0.852. The maximum Gasteiger partial charge on any atom is 0.120 e. The van der Waals surface area contributed by atoms with Crippen LogP contribution in [0.25, 0.3) is 0 Å². The van der Waals surface area contributed by atoms with Gasteiger partial charge in [-0.1, -0.05) is 12.1 Å². The molecule has 0 aliphatic carbocycles. The van der Waals surface area contributed by atoms with E-state index in [1.54, 1.807) is 6.92 Å². The summed E-state index contributed by atoms with van der Waals surface area (Å²) in [4.78, 5) is 0. The summed E-state index contributed by atoms with van der Waals surface area (Å²) in [5.41, 5.74) is 0.893. The van der Waals surface area contributed by atoms with Crippen molar-refractivity contribution in [2.45, 2.75) is 32.0 Å². The lowest BCUT2D eigenvalue weighted by molar-refractivity contribution is 0.0254. The molecule has 0 saturated carbocycles. The number of benzene rings is 1. The van der Waals surface area contributed by atoms with Crippen LogP contribution < -0.4 is 4.74 Å². The topological polar surface area (TPSA) is 38.7 Å². The van der Waals surface area contributed by atoms with Gasteiger partial charge in [-0.3, -0.25) is 0 Å². The zero-order chi connectivity index (χ0) is 11.4. The molecule has 3 nitrogen and oxygen atoms in total. The fraction of sp³-hybridized carbons (Fsp3) is 0.538. The second-order valence-corrected chi connectivity index (χ2v) is 4.18. The number of rotatable bonds is 3. The predicted molar refractivity (Wildman–Crippen MR) is 61.5 cm³/mol. The standard InChI is InChI=1S/C13H18O3/c1-10(14)11-3-2-4-13(9-11)16-12-5-7-15-8-6-12/h2-4,9-10,12,14H,5-8H2,1H3/t10-/m0/s1. The molecule has 1 aromatic carbocycles. The molecule has 2 rings (SSSR count). The minimum atomic E-state index is -0.446. The molecule has 1 N–H and O–H groups in total. The molecule has 0 unspecified atom stereocenters. The van der Waals surface area contributed by atoms with Gasteiger partial charge in [-0.25, -0.2) is 0 Å². The van der Waals surface area contributed by atoms with Gasteiger partial charge in [0.1, 0.15) is 11.9 Å². The van der Waals surface area contributed by atoms with Crippen LogP contribution in [0.3, 0.4) is 0 Å². The lowest BCUT2D eigenvalue weighted by Gasteiger charge is -2.23. The smallest absolute Gasteiger partial charge is 0.120 e. The third kappa shape index (κ3) is 2.97. The Bertz CT molecular complexity index is 330. The van der Waals surface area contributed by atoms with E-state index in [0.29, 0.717) is 0 Å². The zero-order valence-electron chi connectivity index (χ0n) is 9.56. The van der Waals surface area contributed by atoms with Gasteiger partial charge in [-0.05, 0) is 24.6 Å². The molecule has 1 saturated heterocycles. The average Bonchev–Trinajstić information content (AvgIpc) is 2.30. The third-order valence-corrected chi connectivity index (χ3v) is 2.81. The molecule has 0 radical (unpaired) electrons. The number of aliphatic hydroxyl groups is 1. The first-order chi connectivity index (χ1) is 7.75. The predicted octanol–water partition coefficient (Wildman–Crippen LogP) is 2.30. The second-order valence-electron chi connectivity index (χ2n) is 4.18. The van der Waals surface area contributed by atoms with Crippen LogP contribution in [-0.2, 0) is 4.74 Å². The van der Waals surface area contributed by atoms with Gasteiger partial charge in [0.2, 0.25) is 0 Å². The molecule has 0 aromatic heterocycles. The van der Waals surface area contributed by atoms with Gasteiger partial charge in [0.05, 0.1) is 19.3 Å². The average molecular weight is 222 g/mol. The fourth-order valence-corrected chi connectivity index (χ4v) is 1.83. The van der Waals surface area contributed by atoms with E-state index in [-0.39, 0.29) is 6.10 Å². The first-order valence-electron chi connectivity index (χ1n) is 5.78. The molecule has 0 spiro atoms. The van der Waals surface area contributed by atoms with E-state index >= 15 is 0 Å². The fourth-order valence-electron chi connectivity index (χ4n) is 1.83. The van der Waals surface area contributed by atoms with E-state index in [4.69, 9.17) is 9.47 Å². The second kappa shape index (κ2) is 5.32. The van der Waals surface area contributed by atoms with Crippen LogP contribution in [-0.4, -0.2) is 24.4 Å². The normalized spacial score (nSPS) is 19.4. The van der Waals surface area contributed by atoms with Crippen LogP contribution in [0.5, 0.6) is 5.75 Å². The van der Waals surface area contributed by atoms with Crippen molar-refractivity contribution in [3.63, 3.8) is 0 Å². The van der Waals surface area contributed by atoms with E-state index in [9.17, 15) is 5.11 Å². The Balaban J connectivity index is 2.00. The van der Waals surface area contributed by atoms with Crippen LogP contribution in [0.2, 0.25) is 0 Å². The molecule has 1 aromatic rings. The van der Waals surface area contributed by atoms with Crippen molar-refractivity contribution in [2.24, 2.45) is 0 Å². The molecule has 1 aliphatic heterocycles. The summed E-state index contributed by atoms with van der Waals surface area (Å²) >= 11 is 0. The molecule has 1 aliphatic rings. The van der Waals surface area contributed by atoms with Crippen molar-refractivity contribution in [2.75, 3.05) is 13.2 Å². The third-order valence-electron chi connectivity index (χ3n) is 2.81. The van der Waals surface area contributed by atoms with Crippen molar-refractivity contribution in [1.29, 1.82) is 0 Å². The van der Waals surface area contributed by atoms with Crippen molar-refractivity contribution < 1.29 is 14.6 Å².